The molecule has 0 aliphatic rings. The zero-order valence-corrected chi connectivity index (χ0v) is 14.6. The summed E-state index contributed by atoms with van der Waals surface area (Å²) in [5.74, 6) is 0.870. The highest BCUT2D eigenvalue weighted by atomic mass is 19.1. The molecule has 0 heterocycles. The minimum absolute atomic E-state index is 0.238. The summed E-state index contributed by atoms with van der Waals surface area (Å²) < 4.78 is 19.0. The molecule has 0 aliphatic heterocycles. The minimum atomic E-state index is -0.363. The van der Waals surface area contributed by atoms with Crippen LogP contribution in [0.2, 0.25) is 0 Å². The van der Waals surface area contributed by atoms with E-state index in [1.54, 1.807) is 30.3 Å². The molecule has 2 rings (SSSR count). The number of nitrogens with zero attached hydrogens (tertiary/aromatic N) is 2. The lowest BCUT2D eigenvalue weighted by molar-refractivity contribution is 0.270. The Morgan fingerprint density at radius 1 is 1.20 bits per heavy atom. The number of aliphatic imine (C=N–C) groups is 1. The predicted molar refractivity (Wildman–Crippen MR) is 97.4 cm³/mol. The van der Waals surface area contributed by atoms with Gasteiger partial charge in [-0.3, -0.25) is 0 Å². The van der Waals surface area contributed by atoms with Gasteiger partial charge in [0.05, 0.1) is 13.1 Å². The highest BCUT2D eigenvalue weighted by molar-refractivity contribution is 5.79. The first-order chi connectivity index (χ1) is 12.1. The Morgan fingerprint density at radius 3 is 2.60 bits per heavy atom. The number of rotatable bonds is 7. The molecule has 6 heteroatoms. The fourth-order valence-electron chi connectivity index (χ4n) is 2.20. The molecule has 0 saturated carbocycles. The van der Waals surface area contributed by atoms with Crippen molar-refractivity contribution in [2.24, 2.45) is 4.99 Å². The summed E-state index contributed by atoms with van der Waals surface area (Å²) in [6.45, 7) is 4.16. The Balaban J connectivity index is 1.90. The number of phenols is 1. The SMILES string of the molecule is CCNC(=NCc1ccc(O)cc1)N(C)CCOc1ccccc1F. The van der Waals surface area contributed by atoms with E-state index in [1.807, 2.05) is 31.0 Å². The van der Waals surface area contributed by atoms with Crippen LogP contribution in [-0.2, 0) is 6.54 Å². The standard InChI is InChI=1S/C19H24FN3O2/c1-3-21-19(22-14-15-8-10-16(24)11-9-15)23(2)12-13-25-18-7-5-4-6-17(18)20/h4-11,24H,3,12-14H2,1-2H3,(H,21,22). The molecule has 0 radical (unpaired) electrons. The lowest BCUT2D eigenvalue weighted by Gasteiger charge is -2.22. The highest BCUT2D eigenvalue weighted by Gasteiger charge is 2.07. The van der Waals surface area contributed by atoms with Crippen LogP contribution in [0.3, 0.4) is 0 Å². The molecule has 2 aromatic carbocycles. The number of benzene rings is 2. The number of hydrogen-bond acceptors (Lipinski definition) is 3. The van der Waals surface area contributed by atoms with Gasteiger partial charge in [0.2, 0.25) is 0 Å². The molecule has 0 aliphatic carbocycles. The highest BCUT2D eigenvalue weighted by Crippen LogP contribution is 2.15. The molecular formula is C19H24FN3O2. The van der Waals surface area contributed by atoms with Crippen molar-refractivity contribution < 1.29 is 14.2 Å². The van der Waals surface area contributed by atoms with Crippen LogP contribution in [-0.4, -0.2) is 42.7 Å². The summed E-state index contributed by atoms with van der Waals surface area (Å²) in [7, 11) is 1.91. The average Bonchev–Trinajstić information content (AvgIpc) is 2.61. The molecule has 0 saturated heterocycles. The van der Waals surface area contributed by atoms with Crippen LogP contribution in [0.15, 0.2) is 53.5 Å². The molecule has 2 aromatic rings. The van der Waals surface area contributed by atoms with Crippen molar-refractivity contribution in [2.75, 3.05) is 26.7 Å². The number of halogens is 1. The van der Waals surface area contributed by atoms with Crippen molar-refractivity contribution in [1.29, 1.82) is 0 Å². The fourth-order valence-corrected chi connectivity index (χ4v) is 2.20. The van der Waals surface area contributed by atoms with Gasteiger partial charge in [-0.1, -0.05) is 24.3 Å². The maximum atomic E-state index is 13.5. The molecule has 0 bridgehead atoms. The number of phenolic OH excluding ortho intramolecular Hbond substituents is 1. The Bertz CT molecular complexity index is 689. The van der Waals surface area contributed by atoms with Gasteiger partial charge >= 0.3 is 0 Å². The Morgan fingerprint density at radius 2 is 1.92 bits per heavy atom. The van der Waals surface area contributed by atoms with Crippen LogP contribution >= 0.6 is 0 Å². The summed E-state index contributed by atoms with van der Waals surface area (Å²) >= 11 is 0. The second-order valence-corrected chi connectivity index (χ2v) is 5.54. The molecule has 0 atom stereocenters. The van der Waals surface area contributed by atoms with E-state index in [9.17, 15) is 9.50 Å². The third kappa shape index (κ3) is 5.99. The van der Waals surface area contributed by atoms with E-state index in [-0.39, 0.29) is 17.3 Å². The van der Waals surface area contributed by atoms with Crippen molar-refractivity contribution in [3.05, 3.63) is 59.9 Å². The monoisotopic (exact) mass is 345 g/mol. The Labute approximate surface area is 147 Å². The second-order valence-electron chi connectivity index (χ2n) is 5.54. The molecule has 0 unspecified atom stereocenters. The molecule has 0 aromatic heterocycles. The van der Waals surface area contributed by atoms with Gasteiger partial charge in [-0.25, -0.2) is 9.38 Å². The number of guanidine groups is 1. The largest absolute Gasteiger partial charge is 0.508 e. The van der Waals surface area contributed by atoms with Crippen molar-refractivity contribution in [3.63, 3.8) is 0 Å². The first kappa shape index (κ1) is 18.6. The Kier molecular flexibility index (Phi) is 7.07. The number of para-hydroxylation sites is 1. The van der Waals surface area contributed by atoms with Crippen molar-refractivity contribution >= 4 is 5.96 Å². The maximum Gasteiger partial charge on any atom is 0.194 e. The van der Waals surface area contributed by atoms with E-state index in [0.717, 1.165) is 18.1 Å². The zero-order valence-electron chi connectivity index (χ0n) is 14.6. The average molecular weight is 345 g/mol. The van der Waals surface area contributed by atoms with Gasteiger partial charge < -0.3 is 20.1 Å². The van der Waals surface area contributed by atoms with Gasteiger partial charge in [0.15, 0.2) is 17.5 Å². The first-order valence-electron chi connectivity index (χ1n) is 8.25. The van der Waals surface area contributed by atoms with Crippen LogP contribution in [0.5, 0.6) is 11.5 Å². The van der Waals surface area contributed by atoms with E-state index in [4.69, 9.17) is 4.74 Å². The van der Waals surface area contributed by atoms with Crippen LogP contribution in [0.4, 0.5) is 4.39 Å². The lowest BCUT2D eigenvalue weighted by atomic mass is 10.2. The maximum absolute atomic E-state index is 13.5. The third-order valence-electron chi connectivity index (χ3n) is 3.57. The number of ether oxygens (including phenoxy) is 1. The normalized spacial score (nSPS) is 11.2. The van der Waals surface area contributed by atoms with Gasteiger partial charge in [0.1, 0.15) is 12.4 Å². The molecular weight excluding hydrogens is 321 g/mol. The van der Waals surface area contributed by atoms with E-state index >= 15 is 0 Å². The first-order valence-corrected chi connectivity index (χ1v) is 8.25. The number of hydrogen-bond donors (Lipinski definition) is 2. The smallest absolute Gasteiger partial charge is 0.194 e. The van der Waals surface area contributed by atoms with Gasteiger partial charge in [0.25, 0.3) is 0 Å². The van der Waals surface area contributed by atoms with Gasteiger partial charge in [0, 0.05) is 13.6 Å². The molecule has 25 heavy (non-hydrogen) atoms. The summed E-state index contributed by atoms with van der Waals surface area (Å²) in [4.78, 5) is 6.51. The van der Waals surface area contributed by atoms with Gasteiger partial charge in [-0.2, -0.15) is 0 Å². The van der Waals surface area contributed by atoms with Crippen molar-refractivity contribution in [1.82, 2.24) is 10.2 Å². The second kappa shape index (κ2) is 9.52. The summed E-state index contributed by atoms with van der Waals surface area (Å²) in [5.41, 5.74) is 1.00. The molecule has 5 nitrogen and oxygen atoms in total. The van der Waals surface area contributed by atoms with Crippen LogP contribution < -0.4 is 10.1 Å². The molecule has 0 spiro atoms. The molecule has 134 valence electrons. The summed E-state index contributed by atoms with van der Waals surface area (Å²) in [5, 5.41) is 12.5. The number of likely N-dealkylation sites (N-methyl/N-ethyl adjacent to an activating group) is 1. The number of nitrogens with one attached hydrogen (secondary N) is 1. The minimum Gasteiger partial charge on any atom is -0.508 e. The van der Waals surface area contributed by atoms with Crippen molar-refractivity contribution in [3.8, 4) is 11.5 Å². The molecule has 2 N–H and O–H groups in total. The van der Waals surface area contributed by atoms with E-state index in [2.05, 4.69) is 10.3 Å². The van der Waals surface area contributed by atoms with Crippen LogP contribution in [0, 0.1) is 5.82 Å². The fraction of sp³-hybridized carbons (Fsp3) is 0.316. The van der Waals surface area contributed by atoms with Gasteiger partial charge in [-0.05, 0) is 36.8 Å². The zero-order chi connectivity index (χ0) is 18.1. The van der Waals surface area contributed by atoms with E-state index in [0.29, 0.717) is 19.7 Å². The third-order valence-corrected chi connectivity index (χ3v) is 3.57. The quantitative estimate of drug-likeness (QED) is 0.598. The number of aromatic hydroxyl groups is 1. The van der Waals surface area contributed by atoms with E-state index in [1.165, 1.54) is 6.07 Å². The van der Waals surface area contributed by atoms with Gasteiger partial charge in [-0.15, -0.1) is 0 Å². The Hall–Kier alpha value is -2.76. The lowest BCUT2D eigenvalue weighted by Crippen LogP contribution is -2.40. The summed E-state index contributed by atoms with van der Waals surface area (Å²) in [6.07, 6.45) is 0. The summed E-state index contributed by atoms with van der Waals surface area (Å²) in [6, 6.07) is 13.3. The molecule has 0 fully saturated rings. The van der Waals surface area contributed by atoms with Crippen molar-refractivity contribution in [2.45, 2.75) is 13.5 Å². The predicted octanol–water partition coefficient (Wildman–Crippen LogP) is 3.01. The van der Waals surface area contributed by atoms with Crippen LogP contribution in [0.25, 0.3) is 0 Å². The van der Waals surface area contributed by atoms with E-state index < -0.39 is 0 Å². The molecule has 0 amide bonds. The van der Waals surface area contributed by atoms with Crippen LogP contribution in [0.1, 0.15) is 12.5 Å². The topological polar surface area (TPSA) is 57.1 Å².